The van der Waals surface area contributed by atoms with Gasteiger partial charge in [0.2, 0.25) is 11.8 Å². The molecule has 1 atom stereocenters. The number of hydrogen-bond donors (Lipinski definition) is 1. The van der Waals surface area contributed by atoms with Gasteiger partial charge in [-0.1, -0.05) is 103 Å². The molecule has 0 saturated heterocycles. The minimum absolute atomic E-state index is 0.130. The van der Waals surface area contributed by atoms with Crippen molar-refractivity contribution in [2.24, 2.45) is 5.92 Å². The fourth-order valence-electron chi connectivity index (χ4n) is 3.97. The van der Waals surface area contributed by atoms with E-state index < -0.39 is 6.04 Å². The Morgan fingerprint density at radius 2 is 1.57 bits per heavy atom. The van der Waals surface area contributed by atoms with Crippen LogP contribution >= 0.6 is 35.0 Å². The van der Waals surface area contributed by atoms with Gasteiger partial charge in [-0.3, -0.25) is 9.59 Å². The van der Waals surface area contributed by atoms with Gasteiger partial charge in [-0.05, 0) is 36.1 Å². The van der Waals surface area contributed by atoms with Crippen molar-refractivity contribution >= 4 is 46.8 Å². The lowest BCUT2D eigenvalue weighted by molar-refractivity contribution is -0.139. The van der Waals surface area contributed by atoms with Crippen LogP contribution in [0.25, 0.3) is 0 Å². The van der Waals surface area contributed by atoms with Gasteiger partial charge >= 0.3 is 0 Å². The van der Waals surface area contributed by atoms with Gasteiger partial charge in [-0.15, -0.1) is 11.8 Å². The van der Waals surface area contributed by atoms with Crippen LogP contribution in [0.4, 0.5) is 0 Å². The Morgan fingerprint density at radius 1 is 0.919 bits per heavy atom. The van der Waals surface area contributed by atoms with Crippen LogP contribution in [0.1, 0.15) is 36.1 Å². The molecule has 0 aliphatic rings. The van der Waals surface area contributed by atoms with E-state index in [9.17, 15) is 9.59 Å². The third-order valence-electron chi connectivity index (χ3n) is 5.92. The minimum Gasteiger partial charge on any atom is -0.354 e. The number of hydrogen-bond acceptors (Lipinski definition) is 3. The summed E-state index contributed by atoms with van der Waals surface area (Å²) in [5, 5.41) is 3.98. The summed E-state index contributed by atoms with van der Waals surface area (Å²) in [4.78, 5) is 28.9. The zero-order valence-corrected chi connectivity index (χ0v) is 23.9. The van der Waals surface area contributed by atoms with Crippen LogP contribution in [-0.4, -0.2) is 35.1 Å². The lowest BCUT2D eigenvalue weighted by atomic mass is 10.0. The fourth-order valence-corrected chi connectivity index (χ4v) is 5.35. The standard InChI is InChI=1S/C30H34Cl2N2O2S/c1-21(2)17-33-30(36)28(16-23-10-5-4-6-11-23)34(18-25-26(31)13-8-14-27(25)32)29(35)20-37-19-24-12-7-9-22(3)15-24/h4-15,21,28H,16-20H2,1-3H3,(H,33,36)/t28-/m0/s1. The van der Waals surface area contributed by atoms with Crippen molar-refractivity contribution in [2.45, 2.75) is 45.5 Å². The number of aryl methyl sites for hydroxylation is 1. The zero-order chi connectivity index (χ0) is 26.8. The van der Waals surface area contributed by atoms with E-state index in [0.29, 0.717) is 34.3 Å². The monoisotopic (exact) mass is 556 g/mol. The summed E-state index contributed by atoms with van der Waals surface area (Å²) in [6.07, 6.45) is 0.390. The number of rotatable bonds is 12. The summed E-state index contributed by atoms with van der Waals surface area (Å²) in [5.74, 6) is 0.913. The van der Waals surface area contributed by atoms with Crippen LogP contribution in [0.2, 0.25) is 10.0 Å². The molecule has 3 aromatic rings. The molecule has 37 heavy (non-hydrogen) atoms. The van der Waals surface area contributed by atoms with E-state index in [1.807, 2.05) is 50.2 Å². The molecule has 0 saturated carbocycles. The third-order valence-corrected chi connectivity index (χ3v) is 7.62. The van der Waals surface area contributed by atoms with Crippen LogP contribution in [0.15, 0.2) is 72.8 Å². The number of amides is 2. The number of carbonyl (C=O) groups excluding carboxylic acids is 2. The quantitative estimate of drug-likeness (QED) is 0.262. The van der Waals surface area contributed by atoms with Crippen LogP contribution in [0.5, 0.6) is 0 Å². The van der Waals surface area contributed by atoms with E-state index in [0.717, 1.165) is 11.1 Å². The summed E-state index contributed by atoms with van der Waals surface area (Å²) in [7, 11) is 0. The van der Waals surface area contributed by atoms with Gasteiger partial charge in [0.15, 0.2) is 0 Å². The molecule has 0 bridgehead atoms. The van der Waals surface area contributed by atoms with Gasteiger partial charge in [0.1, 0.15) is 6.04 Å². The first kappa shape index (κ1) is 29.1. The first-order chi connectivity index (χ1) is 17.7. The van der Waals surface area contributed by atoms with E-state index in [1.54, 1.807) is 23.1 Å². The molecule has 0 unspecified atom stereocenters. The smallest absolute Gasteiger partial charge is 0.243 e. The number of nitrogens with zero attached hydrogens (tertiary/aromatic N) is 1. The van der Waals surface area contributed by atoms with E-state index in [1.165, 1.54) is 17.3 Å². The number of benzene rings is 3. The molecule has 0 aliphatic carbocycles. The first-order valence-corrected chi connectivity index (χ1v) is 14.3. The van der Waals surface area contributed by atoms with Gasteiger partial charge in [0, 0.05) is 40.9 Å². The van der Waals surface area contributed by atoms with Crippen LogP contribution in [0.3, 0.4) is 0 Å². The maximum absolute atomic E-state index is 13.7. The maximum Gasteiger partial charge on any atom is 0.243 e. The summed E-state index contributed by atoms with van der Waals surface area (Å²) >= 11 is 14.5. The van der Waals surface area contributed by atoms with Crippen LogP contribution in [-0.2, 0) is 28.3 Å². The molecule has 1 N–H and O–H groups in total. The summed E-state index contributed by atoms with van der Waals surface area (Å²) in [5.41, 5.74) is 3.96. The molecule has 0 radical (unpaired) electrons. The van der Waals surface area contributed by atoms with Crippen LogP contribution in [0, 0.1) is 12.8 Å². The summed E-state index contributed by atoms with van der Waals surface area (Å²) < 4.78 is 0. The molecule has 3 rings (SSSR count). The molecule has 2 amide bonds. The first-order valence-electron chi connectivity index (χ1n) is 12.4. The highest BCUT2D eigenvalue weighted by Gasteiger charge is 2.31. The Kier molecular flexibility index (Phi) is 11.4. The normalized spacial score (nSPS) is 11.8. The minimum atomic E-state index is -0.708. The van der Waals surface area contributed by atoms with Crippen molar-refractivity contribution < 1.29 is 9.59 Å². The zero-order valence-electron chi connectivity index (χ0n) is 21.5. The van der Waals surface area contributed by atoms with Gasteiger partial charge in [0.25, 0.3) is 0 Å². The summed E-state index contributed by atoms with van der Waals surface area (Å²) in [6.45, 7) is 6.82. The van der Waals surface area contributed by atoms with E-state index in [4.69, 9.17) is 23.2 Å². The fraction of sp³-hybridized carbons (Fsp3) is 0.333. The molecule has 0 fully saturated rings. The largest absolute Gasteiger partial charge is 0.354 e. The van der Waals surface area contributed by atoms with Gasteiger partial charge in [-0.2, -0.15) is 0 Å². The lowest BCUT2D eigenvalue weighted by Gasteiger charge is -2.32. The van der Waals surface area contributed by atoms with Gasteiger partial charge < -0.3 is 10.2 Å². The Morgan fingerprint density at radius 3 is 2.22 bits per heavy atom. The second-order valence-electron chi connectivity index (χ2n) is 9.55. The topological polar surface area (TPSA) is 49.4 Å². The number of halogens is 2. The van der Waals surface area contributed by atoms with Gasteiger partial charge in [-0.25, -0.2) is 0 Å². The molecular formula is C30H34Cl2N2O2S. The predicted octanol–water partition coefficient (Wildman–Crippen LogP) is 6.95. The molecule has 0 spiro atoms. The molecule has 0 aliphatic heterocycles. The molecular weight excluding hydrogens is 523 g/mol. The highest BCUT2D eigenvalue weighted by molar-refractivity contribution is 7.99. The average Bonchev–Trinajstić information content (AvgIpc) is 2.86. The number of nitrogens with one attached hydrogen (secondary N) is 1. The van der Waals surface area contributed by atoms with E-state index in [2.05, 4.69) is 30.4 Å². The second-order valence-corrected chi connectivity index (χ2v) is 11.3. The van der Waals surface area contributed by atoms with Crippen molar-refractivity contribution in [1.29, 1.82) is 0 Å². The highest BCUT2D eigenvalue weighted by Crippen LogP contribution is 2.28. The molecule has 3 aromatic carbocycles. The van der Waals surface area contributed by atoms with Crippen molar-refractivity contribution in [3.05, 3.63) is 105 Å². The highest BCUT2D eigenvalue weighted by atomic mass is 35.5. The van der Waals surface area contributed by atoms with Crippen LogP contribution < -0.4 is 5.32 Å². The Bertz CT molecular complexity index is 1170. The lowest BCUT2D eigenvalue weighted by Crippen LogP contribution is -2.51. The molecule has 0 heterocycles. The third kappa shape index (κ3) is 9.10. The van der Waals surface area contributed by atoms with Crippen molar-refractivity contribution in [3.63, 3.8) is 0 Å². The van der Waals surface area contributed by atoms with E-state index >= 15 is 0 Å². The SMILES string of the molecule is Cc1cccc(CSCC(=O)N(Cc2c(Cl)cccc2Cl)[C@@H](Cc2ccccc2)C(=O)NCC(C)C)c1. The van der Waals surface area contributed by atoms with Crippen molar-refractivity contribution in [1.82, 2.24) is 10.2 Å². The second kappa shape index (κ2) is 14.5. The summed E-state index contributed by atoms with van der Waals surface area (Å²) in [6, 6.07) is 22.6. The van der Waals surface area contributed by atoms with E-state index in [-0.39, 0.29) is 30.0 Å². The van der Waals surface area contributed by atoms with Gasteiger partial charge in [0.05, 0.1) is 5.75 Å². The van der Waals surface area contributed by atoms with Crippen molar-refractivity contribution in [2.75, 3.05) is 12.3 Å². The predicted molar refractivity (Wildman–Crippen MR) is 156 cm³/mol. The maximum atomic E-state index is 13.7. The Hall–Kier alpha value is -2.47. The molecule has 0 aromatic heterocycles. The Labute approximate surface area is 234 Å². The molecule has 7 heteroatoms. The average molecular weight is 558 g/mol. The molecule has 196 valence electrons. The Balaban J connectivity index is 1.89. The molecule has 4 nitrogen and oxygen atoms in total. The number of carbonyl (C=O) groups is 2. The van der Waals surface area contributed by atoms with Crippen molar-refractivity contribution in [3.8, 4) is 0 Å². The number of thioether (sulfide) groups is 1.